The van der Waals surface area contributed by atoms with E-state index in [1.54, 1.807) is 0 Å². The van der Waals surface area contributed by atoms with Crippen molar-refractivity contribution in [1.82, 2.24) is 14.7 Å². The maximum absolute atomic E-state index is 10.8. The summed E-state index contributed by atoms with van der Waals surface area (Å²) in [6, 6.07) is 0. The van der Waals surface area contributed by atoms with Gasteiger partial charge in [0.1, 0.15) is 0 Å². The van der Waals surface area contributed by atoms with E-state index in [1.165, 1.54) is 0 Å². The molecule has 0 saturated heterocycles. The fourth-order valence-corrected chi connectivity index (χ4v) is 3.62. The normalized spacial score (nSPS) is 14.0. The van der Waals surface area contributed by atoms with Crippen molar-refractivity contribution < 1.29 is 5.11 Å². The van der Waals surface area contributed by atoms with Crippen LogP contribution in [0.15, 0.2) is 4.47 Å². The molecule has 1 atom stereocenters. The molecule has 4 nitrogen and oxygen atoms in total. The van der Waals surface area contributed by atoms with E-state index >= 15 is 0 Å². The zero-order valence-corrected chi connectivity index (χ0v) is 15.9. The molecule has 1 heterocycles. The summed E-state index contributed by atoms with van der Waals surface area (Å²) in [5, 5.41) is 15.4. The van der Waals surface area contributed by atoms with Crippen LogP contribution in [0, 0.1) is 0 Å². The number of hydrogen-bond acceptors (Lipinski definition) is 3. The van der Waals surface area contributed by atoms with Gasteiger partial charge in [0.15, 0.2) is 0 Å². The monoisotopic (exact) mass is 359 g/mol. The lowest BCUT2D eigenvalue weighted by molar-refractivity contribution is -0.00524. The van der Waals surface area contributed by atoms with Crippen molar-refractivity contribution in [3.05, 3.63) is 15.9 Å². The fraction of sp³-hybridized carbons (Fsp3) is 0.812. The molecule has 1 N–H and O–H groups in total. The van der Waals surface area contributed by atoms with Gasteiger partial charge >= 0.3 is 0 Å². The molecule has 1 aromatic heterocycles. The molecule has 122 valence electrons. The van der Waals surface area contributed by atoms with E-state index in [2.05, 4.69) is 67.5 Å². The van der Waals surface area contributed by atoms with E-state index in [-0.39, 0.29) is 5.54 Å². The van der Waals surface area contributed by atoms with Gasteiger partial charge in [-0.3, -0.25) is 9.58 Å². The predicted molar refractivity (Wildman–Crippen MR) is 91.7 cm³/mol. The number of aryl methyl sites for hydroxylation is 2. The second-order valence-electron chi connectivity index (χ2n) is 5.92. The van der Waals surface area contributed by atoms with E-state index in [0.29, 0.717) is 6.42 Å². The van der Waals surface area contributed by atoms with Gasteiger partial charge in [-0.1, -0.05) is 20.8 Å². The standard InChI is InChI=1S/C16H30BrN3O/c1-7-12-15(17)13(20(10-4)18-12)11-14(21)16(5,6)19(8-2)9-3/h14,21H,7-11H2,1-6H3. The highest BCUT2D eigenvalue weighted by atomic mass is 79.9. The van der Waals surface area contributed by atoms with Crippen LogP contribution in [0.5, 0.6) is 0 Å². The fourth-order valence-electron chi connectivity index (χ4n) is 2.89. The maximum Gasteiger partial charge on any atom is 0.0774 e. The molecule has 0 amide bonds. The molecule has 1 aromatic rings. The number of hydrogen-bond donors (Lipinski definition) is 1. The molecule has 0 bridgehead atoms. The van der Waals surface area contributed by atoms with Crippen LogP contribution in [0.1, 0.15) is 52.9 Å². The third-order valence-electron chi connectivity index (χ3n) is 4.47. The van der Waals surface area contributed by atoms with Crippen molar-refractivity contribution in [3.8, 4) is 0 Å². The Bertz CT molecular complexity index is 453. The molecule has 5 heteroatoms. The van der Waals surface area contributed by atoms with Crippen molar-refractivity contribution in [1.29, 1.82) is 0 Å². The molecular formula is C16H30BrN3O. The highest BCUT2D eigenvalue weighted by molar-refractivity contribution is 9.10. The van der Waals surface area contributed by atoms with Gasteiger partial charge in [0.2, 0.25) is 0 Å². The Hall–Kier alpha value is -0.390. The first kappa shape index (κ1) is 18.7. The SMILES string of the molecule is CCc1nn(CC)c(CC(O)C(C)(C)N(CC)CC)c1Br. The van der Waals surface area contributed by atoms with Crippen molar-refractivity contribution in [2.24, 2.45) is 0 Å². The number of likely N-dealkylation sites (N-methyl/N-ethyl adjacent to an activating group) is 1. The van der Waals surface area contributed by atoms with Crippen molar-refractivity contribution >= 4 is 15.9 Å². The Balaban J connectivity index is 3.02. The summed E-state index contributed by atoms with van der Waals surface area (Å²) in [5.74, 6) is 0. The van der Waals surface area contributed by atoms with Gasteiger partial charge in [0, 0.05) is 18.5 Å². The average Bonchev–Trinajstić information content (AvgIpc) is 2.76. The molecule has 0 spiro atoms. The molecule has 1 rings (SSSR count). The molecule has 0 saturated carbocycles. The number of aliphatic hydroxyl groups excluding tert-OH is 1. The van der Waals surface area contributed by atoms with Gasteiger partial charge in [-0.15, -0.1) is 0 Å². The third-order valence-corrected chi connectivity index (χ3v) is 5.39. The van der Waals surface area contributed by atoms with Crippen molar-refractivity contribution in [3.63, 3.8) is 0 Å². The zero-order chi connectivity index (χ0) is 16.2. The van der Waals surface area contributed by atoms with Crippen LogP contribution in [-0.4, -0.2) is 44.5 Å². The number of halogens is 1. The molecule has 0 aliphatic rings. The number of aromatic nitrogens is 2. The van der Waals surface area contributed by atoms with Crippen LogP contribution >= 0.6 is 15.9 Å². The summed E-state index contributed by atoms with van der Waals surface area (Å²) in [7, 11) is 0. The Morgan fingerprint density at radius 2 is 1.81 bits per heavy atom. The Morgan fingerprint density at radius 1 is 1.24 bits per heavy atom. The van der Waals surface area contributed by atoms with Crippen molar-refractivity contribution in [2.75, 3.05) is 13.1 Å². The average molecular weight is 360 g/mol. The van der Waals surface area contributed by atoms with Gasteiger partial charge < -0.3 is 5.11 Å². The summed E-state index contributed by atoms with van der Waals surface area (Å²) in [5.41, 5.74) is 1.92. The summed E-state index contributed by atoms with van der Waals surface area (Å²) in [4.78, 5) is 2.30. The summed E-state index contributed by atoms with van der Waals surface area (Å²) < 4.78 is 3.06. The molecule has 21 heavy (non-hydrogen) atoms. The lowest BCUT2D eigenvalue weighted by atomic mass is 9.91. The predicted octanol–water partition coefficient (Wildman–Crippen LogP) is 3.25. The van der Waals surface area contributed by atoms with Gasteiger partial charge in [-0.2, -0.15) is 5.10 Å². The minimum Gasteiger partial charge on any atom is -0.391 e. The highest BCUT2D eigenvalue weighted by Crippen LogP contribution is 2.27. The van der Waals surface area contributed by atoms with E-state index in [0.717, 1.165) is 41.9 Å². The van der Waals surface area contributed by atoms with Crippen LogP contribution in [0.3, 0.4) is 0 Å². The highest BCUT2D eigenvalue weighted by Gasteiger charge is 2.34. The van der Waals surface area contributed by atoms with E-state index in [4.69, 9.17) is 0 Å². The van der Waals surface area contributed by atoms with Crippen LogP contribution in [-0.2, 0) is 19.4 Å². The van der Waals surface area contributed by atoms with Crippen LogP contribution in [0.25, 0.3) is 0 Å². The summed E-state index contributed by atoms with van der Waals surface area (Å²) >= 11 is 3.66. The smallest absolute Gasteiger partial charge is 0.0774 e. The minimum absolute atomic E-state index is 0.252. The topological polar surface area (TPSA) is 41.3 Å². The summed E-state index contributed by atoms with van der Waals surface area (Å²) in [6.45, 7) is 15.4. The van der Waals surface area contributed by atoms with Gasteiger partial charge in [-0.05, 0) is 56.2 Å². The maximum atomic E-state index is 10.8. The van der Waals surface area contributed by atoms with E-state index in [9.17, 15) is 5.11 Å². The molecular weight excluding hydrogens is 330 g/mol. The Morgan fingerprint density at radius 3 is 2.24 bits per heavy atom. The number of rotatable bonds is 8. The lowest BCUT2D eigenvalue weighted by Gasteiger charge is -2.41. The first-order valence-electron chi connectivity index (χ1n) is 8.00. The first-order valence-corrected chi connectivity index (χ1v) is 8.79. The Kier molecular flexibility index (Phi) is 6.88. The summed E-state index contributed by atoms with van der Waals surface area (Å²) in [6.07, 6.45) is 1.08. The second kappa shape index (κ2) is 7.75. The molecule has 0 aliphatic carbocycles. The van der Waals surface area contributed by atoms with E-state index < -0.39 is 6.10 Å². The van der Waals surface area contributed by atoms with Crippen LogP contribution in [0.2, 0.25) is 0 Å². The largest absolute Gasteiger partial charge is 0.391 e. The van der Waals surface area contributed by atoms with Crippen molar-refractivity contribution in [2.45, 2.75) is 72.6 Å². The van der Waals surface area contributed by atoms with Gasteiger partial charge in [-0.25, -0.2) is 0 Å². The number of aliphatic hydroxyl groups is 1. The quantitative estimate of drug-likeness (QED) is 0.774. The second-order valence-corrected chi connectivity index (χ2v) is 6.72. The van der Waals surface area contributed by atoms with Crippen LogP contribution in [0.4, 0.5) is 0 Å². The molecule has 1 unspecified atom stereocenters. The molecule has 0 fully saturated rings. The lowest BCUT2D eigenvalue weighted by Crippen LogP contribution is -2.53. The van der Waals surface area contributed by atoms with Crippen LogP contribution < -0.4 is 0 Å². The molecule has 0 aromatic carbocycles. The number of nitrogens with zero attached hydrogens (tertiary/aromatic N) is 3. The first-order chi connectivity index (χ1) is 9.83. The molecule has 0 radical (unpaired) electrons. The van der Waals surface area contributed by atoms with E-state index in [1.807, 2.05) is 4.68 Å². The van der Waals surface area contributed by atoms with Gasteiger partial charge in [0.25, 0.3) is 0 Å². The molecule has 0 aliphatic heterocycles. The Labute approximate surface area is 137 Å². The van der Waals surface area contributed by atoms with Gasteiger partial charge in [0.05, 0.1) is 22.0 Å². The third kappa shape index (κ3) is 3.88. The minimum atomic E-state index is -0.430. The zero-order valence-electron chi connectivity index (χ0n) is 14.3.